The van der Waals surface area contributed by atoms with E-state index < -0.39 is 5.54 Å². The number of methoxy groups -OCH3 is 1. The molecule has 0 saturated heterocycles. The number of hydrogen-bond acceptors (Lipinski definition) is 5. The number of likely N-dealkylation sites (N-methyl/N-ethyl adjacent to an activating group) is 1. The van der Waals surface area contributed by atoms with E-state index in [0.29, 0.717) is 5.25 Å². The van der Waals surface area contributed by atoms with Gasteiger partial charge in [-0.1, -0.05) is 6.92 Å². The first kappa shape index (κ1) is 15.3. The van der Waals surface area contributed by atoms with Gasteiger partial charge in [-0.05, 0) is 44.4 Å². The lowest BCUT2D eigenvalue weighted by atomic mass is 9.81. The highest BCUT2D eigenvalue weighted by molar-refractivity contribution is 8.00. The fraction of sp³-hybridized carbons (Fsp3) is 0.600. The number of aromatic nitrogens is 1. The van der Waals surface area contributed by atoms with Crippen molar-refractivity contribution in [3.05, 3.63) is 24.5 Å². The SMILES string of the molecule is CCNC1(C(=O)OC)CCCC(Sc2ccncc2)C1. The summed E-state index contributed by atoms with van der Waals surface area (Å²) < 4.78 is 5.02. The third-order valence-corrected chi connectivity index (χ3v) is 5.03. The maximum atomic E-state index is 12.2. The zero-order chi connectivity index (χ0) is 14.4. The van der Waals surface area contributed by atoms with Gasteiger partial charge in [0.25, 0.3) is 0 Å². The summed E-state index contributed by atoms with van der Waals surface area (Å²) in [6.07, 6.45) is 7.48. The fourth-order valence-corrected chi connectivity index (χ4v) is 4.20. The monoisotopic (exact) mass is 294 g/mol. The summed E-state index contributed by atoms with van der Waals surface area (Å²) in [5.74, 6) is -0.126. The van der Waals surface area contributed by atoms with E-state index in [1.807, 2.05) is 43.2 Å². The van der Waals surface area contributed by atoms with Crippen LogP contribution in [0.3, 0.4) is 0 Å². The third kappa shape index (κ3) is 3.52. The first-order chi connectivity index (χ1) is 9.70. The smallest absolute Gasteiger partial charge is 0.326 e. The molecular formula is C15H22N2O2S. The quantitative estimate of drug-likeness (QED) is 0.846. The minimum Gasteiger partial charge on any atom is -0.468 e. The van der Waals surface area contributed by atoms with Crippen molar-refractivity contribution in [3.63, 3.8) is 0 Å². The Hall–Kier alpha value is -1.07. The summed E-state index contributed by atoms with van der Waals surface area (Å²) in [4.78, 5) is 17.4. The van der Waals surface area contributed by atoms with Crippen molar-refractivity contribution in [1.29, 1.82) is 0 Å². The Morgan fingerprint density at radius 3 is 2.95 bits per heavy atom. The molecule has 1 saturated carbocycles. The zero-order valence-electron chi connectivity index (χ0n) is 12.1. The van der Waals surface area contributed by atoms with Crippen LogP contribution in [0.2, 0.25) is 0 Å². The maximum Gasteiger partial charge on any atom is 0.326 e. The van der Waals surface area contributed by atoms with Crippen LogP contribution in [0.1, 0.15) is 32.6 Å². The predicted octanol–water partition coefficient (Wildman–Crippen LogP) is 2.64. The Morgan fingerprint density at radius 2 is 2.30 bits per heavy atom. The lowest BCUT2D eigenvalue weighted by molar-refractivity contribution is -0.150. The standard InChI is InChI=1S/C15H22N2O2S/c1-3-17-15(14(18)19-2)8-4-5-13(11-15)20-12-6-9-16-10-7-12/h6-7,9-10,13,17H,3-5,8,11H2,1-2H3. The van der Waals surface area contributed by atoms with Crippen LogP contribution in [0.4, 0.5) is 0 Å². The highest BCUT2D eigenvalue weighted by Crippen LogP contribution is 2.38. The van der Waals surface area contributed by atoms with Crippen molar-refractivity contribution in [1.82, 2.24) is 10.3 Å². The van der Waals surface area contributed by atoms with Gasteiger partial charge in [-0.2, -0.15) is 0 Å². The Morgan fingerprint density at radius 1 is 1.55 bits per heavy atom. The molecule has 1 aromatic heterocycles. The highest BCUT2D eigenvalue weighted by Gasteiger charge is 2.43. The van der Waals surface area contributed by atoms with Crippen molar-refractivity contribution in [2.24, 2.45) is 0 Å². The molecule has 5 heteroatoms. The van der Waals surface area contributed by atoms with Gasteiger partial charge in [0.05, 0.1) is 7.11 Å². The number of pyridine rings is 1. The average molecular weight is 294 g/mol. The van der Waals surface area contributed by atoms with Crippen molar-refractivity contribution in [2.45, 2.75) is 48.3 Å². The van der Waals surface area contributed by atoms with E-state index in [2.05, 4.69) is 10.3 Å². The molecule has 1 N–H and O–H groups in total. The van der Waals surface area contributed by atoms with Crippen LogP contribution in [0, 0.1) is 0 Å². The molecule has 0 spiro atoms. The molecule has 1 aromatic rings. The van der Waals surface area contributed by atoms with E-state index in [9.17, 15) is 4.79 Å². The molecule has 0 aliphatic heterocycles. The van der Waals surface area contributed by atoms with Gasteiger partial charge in [-0.3, -0.25) is 9.78 Å². The van der Waals surface area contributed by atoms with E-state index >= 15 is 0 Å². The summed E-state index contributed by atoms with van der Waals surface area (Å²) in [6.45, 7) is 2.81. The number of carbonyl (C=O) groups excluding carboxylic acids is 1. The first-order valence-corrected chi connectivity index (χ1v) is 7.98. The van der Waals surface area contributed by atoms with E-state index in [-0.39, 0.29) is 5.97 Å². The van der Waals surface area contributed by atoms with E-state index in [1.165, 1.54) is 12.0 Å². The molecule has 1 aliphatic rings. The summed E-state index contributed by atoms with van der Waals surface area (Å²) in [7, 11) is 1.47. The van der Waals surface area contributed by atoms with Crippen molar-refractivity contribution < 1.29 is 9.53 Å². The number of ether oxygens (including phenoxy) is 1. The second-order valence-corrected chi connectivity index (χ2v) is 6.50. The summed E-state index contributed by atoms with van der Waals surface area (Å²) in [6, 6.07) is 4.04. The topological polar surface area (TPSA) is 51.2 Å². The number of hydrogen-bond donors (Lipinski definition) is 1. The Balaban J connectivity index is 2.07. The lowest BCUT2D eigenvalue weighted by Crippen LogP contribution is -2.55. The second kappa shape index (κ2) is 7.09. The van der Waals surface area contributed by atoms with Gasteiger partial charge in [-0.25, -0.2) is 0 Å². The summed E-state index contributed by atoms with van der Waals surface area (Å²) >= 11 is 1.83. The lowest BCUT2D eigenvalue weighted by Gasteiger charge is -2.38. The molecule has 0 aromatic carbocycles. The summed E-state index contributed by atoms with van der Waals surface area (Å²) in [5.41, 5.74) is -0.507. The molecule has 0 amide bonds. The van der Waals surface area contributed by atoms with Crippen LogP contribution in [0.25, 0.3) is 0 Å². The van der Waals surface area contributed by atoms with E-state index in [0.717, 1.165) is 32.2 Å². The van der Waals surface area contributed by atoms with Gasteiger partial charge in [0.1, 0.15) is 5.54 Å². The van der Waals surface area contributed by atoms with E-state index in [1.54, 1.807) is 0 Å². The van der Waals surface area contributed by atoms with Crippen molar-refractivity contribution >= 4 is 17.7 Å². The normalized spacial score (nSPS) is 26.2. The van der Waals surface area contributed by atoms with Crippen LogP contribution in [-0.2, 0) is 9.53 Å². The molecule has 1 fully saturated rings. The van der Waals surface area contributed by atoms with Crippen LogP contribution in [-0.4, -0.2) is 35.4 Å². The molecule has 2 atom stereocenters. The van der Waals surface area contributed by atoms with Crippen LogP contribution < -0.4 is 5.32 Å². The van der Waals surface area contributed by atoms with Crippen molar-refractivity contribution in [2.75, 3.05) is 13.7 Å². The minimum atomic E-state index is -0.507. The van der Waals surface area contributed by atoms with Crippen LogP contribution in [0.15, 0.2) is 29.4 Å². The number of nitrogens with zero attached hydrogens (tertiary/aromatic N) is 1. The predicted molar refractivity (Wildman–Crippen MR) is 80.8 cm³/mol. The molecule has 1 aliphatic carbocycles. The molecule has 2 rings (SSSR count). The zero-order valence-corrected chi connectivity index (χ0v) is 12.9. The first-order valence-electron chi connectivity index (χ1n) is 7.10. The Kier molecular flexibility index (Phi) is 5.43. The van der Waals surface area contributed by atoms with Gasteiger partial charge < -0.3 is 10.1 Å². The Labute approximate surface area is 124 Å². The molecular weight excluding hydrogens is 272 g/mol. The van der Waals surface area contributed by atoms with Gasteiger partial charge in [-0.15, -0.1) is 11.8 Å². The molecule has 20 heavy (non-hydrogen) atoms. The van der Waals surface area contributed by atoms with Gasteiger partial charge >= 0.3 is 5.97 Å². The minimum absolute atomic E-state index is 0.126. The number of rotatable bonds is 5. The third-order valence-electron chi connectivity index (χ3n) is 3.75. The number of thioether (sulfide) groups is 1. The number of nitrogens with one attached hydrogen (secondary N) is 1. The maximum absolute atomic E-state index is 12.2. The highest BCUT2D eigenvalue weighted by atomic mass is 32.2. The molecule has 0 radical (unpaired) electrons. The number of carbonyl (C=O) groups is 1. The molecule has 110 valence electrons. The van der Waals surface area contributed by atoms with Crippen LogP contribution in [0.5, 0.6) is 0 Å². The average Bonchev–Trinajstić information content (AvgIpc) is 2.48. The van der Waals surface area contributed by atoms with E-state index in [4.69, 9.17) is 4.74 Å². The van der Waals surface area contributed by atoms with Gasteiger partial charge in [0.2, 0.25) is 0 Å². The van der Waals surface area contributed by atoms with Crippen LogP contribution >= 0.6 is 11.8 Å². The Bertz CT molecular complexity index is 437. The summed E-state index contributed by atoms with van der Waals surface area (Å²) in [5, 5.41) is 3.80. The van der Waals surface area contributed by atoms with Crippen molar-refractivity contribution in [3.8, 4) is 0 Å². The second-order valence-electron chi connectivity index (χ2n) is 5.12. The molecule has 0 bridgehead atoms. The fourth-order valence-electron chi connectivity index (χ4n) is 2.89. The number of esters is 1. The molecule has 1 heterocycles. The largest absolute Gasteiger partial charge is 0.468 e. The molecule has 4 nitrogen and oxygen atoms in total. The van der Waals surface area contributed by atoms with Gasteiger partial charge in [0.15, 0.2) is 0 Å². The molecule has 2 unspecified atom stereocenters. The van der Waals surface area contributed by atoms with Gasteiger partial charge in [0, 0.05) is 22.5 Å².